The molecule has 1 N–H and O–H groups in total. The van der Waals surface area contributed by atoms with Crippen molar-refractivity contribution >= 4 is 40.8 Å². The van der Waals surface area contributed by atoms with Gasteiger partial charge in [0.25, 0.3) is 5.91 Å². The summed E-state index contributed by atoms with van der Waals surface area (Å²) in [4.78, 5) is 28.5. The Morgan fingerprint density at radius 2 is 2.16 bits per heavy atom. The van der Waals surface area contributed by atoms with Crippen LogP contribution in [0.25, 0.3) is 0 Å². The predicted octanol–water partition coefficient (Wildman–Crippen LogP) is 5.56. The minimum absolute atomic E-state index is 0.264. The number of amides is 1. The summed E-state index contributed by atoms with van der Waals surface area (Å²) in [5.74, 6) is 0.213. The predicted molar refractivity (Wildman–Crippen MR) is 122 cm³/mol. The standard InChI is InChI=1S/C22H25ClN4O4S/c1-22(2,3)31-21(29)26-9-4-5-17(26)16-11-19(24-12-15-6-7-18(23)32-15)27(25-16)20(28)14-8-10-30-13-14/h6-8,10-11,13,17,24H,4-5,9,12H2,1-3H3. The number of carbonyl (C=O) groups is 2. The third kappa shape index (κ3) is 4.99. The largest absolute Gasteiger partial charge is 0.472 e. The number of nitrogens with zero attached hydrogens (tertiary/aromatic N) is 3. The molecule has 3 aromatic rings. The zero-order valence-corrected chi connectivity index (χ0v) is 19.7. The van der Waals surface area contributed by atoms with E-state index < -0.39 is 5.60 Å². The van der Waals surface area contributed by atoms with Gasteiger partial charge in [-0.3, -0.25) is 9.69 Å². The second-order valence-electron chi connectivity index (χ2n) is 8.57. The Labute approximate surface area is 195 Å². The summed E-state index contributed by atoms with van der Waals surface area (Å²) in [5.41, 5.74) is 0.435. The molecule has 1 saturated heterocycles. The van der Waals surface area contributed by atoms with Crippen LogP contribution in [0.2, 0.25) is 4.34 Å². The molecule has 3 aromatic heterocycles. The van der Waals surface area contributed by atoms with Crippen LogP contribution >= 0.6 is 22.9 Å². The summed E-state index contributed by atoms with van der Waals surface area (Å²) >= 11 is 7.50. The average molecular weight is 477 g/mol. The van der Waals surface area contributed by atoms with Gasteiger partial charge in [0.2, 0.25) is 0 Å². The van der Waals surface area contributed by atoms with Crippen molar-refractivity contribution < 1.29 is 18.7 Å². The SMILES string of the molecule is CC(C)(C)OC(=O)N1CCCC1c1cc(NCc2ccc(Cl)s2)n(C(=O)c2ccoc2)n1. The first-order valence-electron chi connectivity index (χ1n) is 10.4. The number of carbonyl (C=O) groups excluding carboxylic acids is 2. The molecule has 1 aliphatic heterocycles. The monoisotopic (exact) mass is 476 g/mol. The molecular weight excluding hydrogens is 452 g/mol. The number of ether oxygens (including phenoxy) is 1. The number of anilines is 1. The van der Waals surface area contributed by atoms with Crippen molar-refractivity contribution in [3.8, 4) is 0 Å². The first-order chi connectivity index (χ1) is 15.2. The number of likely N-dealkylation sites (tertiary alicyclic amines) is 1. The van der Waals surface area contributed by atoms with Crippen LogP contribution < -0.4 is 5.32 Å². The lowest BCUT2D eigenvalue weighted by molar-refractivity contribution is 0.0221. The number of rotatable bonds is 5. The minimum atomic E-state index is -0.588. The highest BCUT2D eigenvalue weighted by atomic mass is 35.5. The summed E-state index contributed by atoms with van der Waals surface area (Å²) in [6, 6.07) is 6.91. The van der Waals surface area contributed by atoms with Gasteiger partial charge in [0.05, 0.1) is 34.4 Å². The van der Waals surface area contributed by atoms with Crippen molar-refractivity contribution in [3.63, 3.8) is 0 Å². The first-order valence-corrected chi connectivity index (χ1v) is 11.6. The highest BCUT2D eigenvalue weighted by Gasteiger charge is 2.35. The van der Waals surface area contributed by atoms with Gasteiger partial charge in [0.1, 0.15) is 17.7 Å². The van der Waals surface area contributed by atoms with Gasteiger partial charge in [-0.1, -0.05) is 11.6 Å². The van der Waals surface area contributed by atoms with E-state index in [0.717, 1.165) is 17.7 Å². The third-order valence-corrected chi connectivity index (χ3v) is 6.21. The van der Waals surface area contributed by atoms with Gasteiger partial charge < -0.3 is 14.5 Å². The van der Waals surface area contributed by atoms with Crippen molar-refractivity contribution in [2.24, 2.45) is 0 Å². The van der Waals surface area contributed by atoms with Crippen LogP contribution in [0.3, 0.4) is 0 Å². The maximum Gasteiger partial charge on any atom is 0.410 e. The van der Waals surface area contributed by atoms with Crippen LogP contribution in [0.4, 0.5) is 10.6 Å². The van der Waals surface area contributed by atoms with Crippen molar-refractivity contribution in [3.05, 3.63) is 57.3 Å². The number of hydrogen-bond donors (Lipinski definition) is 1. The molecule has 10 heteroatoms. The Morgan fingerprint density at radius 3 is 2.81 bits per heavy atom. The molecule has 4 rings (SSSR count). The quantitative estimate of drug-likeness (QED) is 0.518. The van der Waals surface area contributed by atoms with E-state index in [1.54, 1.807) is 11.0 Å². The molecule has 0 saturated carbocycles. The zero-order valence-electron chi connectivity index (χ0n) is 18.1. The van der Waals surface area contributed by atoms with E-state index >= 15 is 0 Å². The van der Waals surface area contributed by atoms with E-state index in [1.165, 1.54) is 28.5 Å². The van der Waals surface area contributed by atoms with Gasteiger partial charge in [0, 0.05) is 17.5 Å². The molecule has 170 valence electrons. The van der Waals surface area contributed by atoms with E-state index in [9.17, 15) is 9.59 Å². The van der Waals surface area contributed by atoms with Gasteiger partial charge in [-0.25, -0.2) is 4.79 Å². The fraction of sp³-hybridized carbons (Fsp3) is 0.409. The Morgan fingerprint density at radius 1 is 1.34 bits per heavy atom. The Hall–Kier alpha value is -2.78. The Kier molecular flexibility index (Phi) is 6.30. The number of furan rings is 1. The molecule has 0 aliphatic carbocycles. The average Bonchev–Trinajstić information content (AvgIpc) is 3.51. The van der Waals surface area contributed by atoms with Gasteiger partial charge in [-0.05, 0) is 51.8 Å². The molecular formula is C22H25ClN4O4S. The van der Waals surface area contributed by atoms with Crippen LogP contribution in [-0.2, 0) is 11.3 Å². The lowest BCUT2D eigenvalue weighted by Gasteiger charge is -2.27. The number of aromatic nitrogens is 2. The molecule has 0 radical (unpaired) electrons. The van der Waals surface area contributed by atoms with E-state index in [1.807, 2.05) is 39.0 Å². The maximum atomic E-state index is 13.1. The van der Waals surface area contributed by atoms with E-state index in [0.29, 0.717) is 34.5 Å². The van der Waals surface area contributed by atoms with Crippen molar-refractivity contribution in [2.75, 3.05) is 11.9 Å². The summed E-state index contributed by atoms with van der Waals surface area (Å²) < 4.78 is 12.7. The Bertz CT molecular complexity index is 1100. The fourth-order valence-corrected chi connectivity index (χ4v) is 4.62. The second kappa shape index (κ2) is 8.99. The van der Waals surface area contributed by atoms with E-state index in [2.05, 4.69) is 10.4 Å². The molecule has 8 nitrogen and oxygen atoms in total. The van der Waals surface area contributed by atoms with Crippen molar-refractivity contribution in [2.45, 2.75) is 51.8 Å². The molecule has 1 unspecified atom stereocenters. The van der Waals surface area contributed by atoms with Crippen molar-refractivity contribution in [1.82, 2.24) is 14.7 Å². The van der Waals surface area contributed by atoms with Gasteiger partial charge in [-0.2, -0.15) is 9.78 Å². The fourth-order valence-electron chi connectivity index (χ4n) is 3.59. The van der Waals surface area contributed by atoms with Crippen LogP contribution in [0.1, 0.15) is 60.6 Å². The molecule has 1 aliphatic rings. The molecule has 1 fully saturated rings. The maximum absolute atomic E-state index is 13.1. The van der Waals surface area contributed by atoms with E-state index in [-0.39, 0.29) is 18.0 Å². The highest BCUT2D eigenvalue weighted by molar-refractivity contribution is 7.16. The first kappa shape index (κ1) is 22.4. The molecule has 1 amide bonds. The summed E-state index contributed by atoms with van der Waals surface area (Å²) in [6.45, 7) is 6.59. The lowest BCUT2D eigenvalue weighted by atomic mass is 10.1. The topological polar surface area (TPSA) is 89.6 Å². The van der Waals surface area contributed by atoms with Crippen LogP contribution in [0, 0.1) is 0 Å². The minimum Gasteiger partial charge on any atom is -0.472 e. The number of hydrogen-bond acceptors (Lipinski definition) is 7. The van der Waals surface area contributed by atoms with E-state index in [4.69, 9.17) is 20.8 Å². The number of thiophene rings is 1. The third-order valence-electron chi connectivity index (χ3n) is 4.98. The summed E-state index contributed by atoms with van der Waals surface area (Å²) in [5, 5.41) is 7.86. The van der Waals surface area contributed by atoms with Crippen LogP contribution in [-0.4, -0.2) is 38.8 Å². The molecule has 0 aromatic carbocycles. The molecule has 4 heterocycles. The molecule has 1 atom stereocenters. The lowest BCUT2D eigenvalue weighted by Crippen LogP contribution is -2.36. The van der Waals surface area contributed by atoms with Crippen LogP contribution in [0.5, 0.6) is 0 Å². The Balaban J connectivity index is 1.62. The highest BCUT2D eigenvalue weighted by Crippen LogP contribution is 2.34. The number of halogens is 1. The smallest absolute Gasteiger partial charge is 0.410 e. The summed E-state index contributed by atoms with van der Waals surface area (Å²) in [7, 11) is 0. The molecule has 32 heavy (non-hydrogen) atoms. The molecule has 0 bridgehead atoms. The molecule has 0 spiro atoms. The van der Waals surface area contributed by atoms with Crippen LogP contribution in [0.15, 0.2) is 41.2 Å². The normalized spacial score (nSPS) is 16.4. The summed E-state index contributed by atoms with van der Waals surface area (Å²) in [6.07, 6.45) is 4.03. The number of nitrogens with one attached hydrogen (secondary N) is 1. The van der Waals surface area contributed by atoms with Gasteiger partial charge in [-0.15, -0.1) is 11.3 Å². The van der Waals surface area contributed by atoms with Gasteiger partial charge >= 0.3 is 6.09 Å². The van der Waals surface area contributed by atoms with Gasteiger partial charge in [0.15, 0.2) is 0 Å². The zero-order chi connectivity index (χ0) is 22.9. The van der Waals surface area contributed by atoms with Crippen molar-refractivity contribution in [1.29, 1.82) is 0 Å². The second-order valence-corrected chi connectivity index (χ2v) is 10.4.